The molecular formula is C25H30FN5O2S. The van der Waals surface area contributed by atoms with Crippen molar-refractivity contribution in [3.05, 3.63) is 60.2 Å². The number of nitrogens with one attached hydrogen (secondary N) is 1. The van der Waals surface area contributed by atoms with E-state index < -0.39 is 0 Å². The highest BCUT2D eigenvalue weighted by Crippen LogP contribution is 2.30. The zero-order valence-corrected chi connectivity index (χ0v) is 20.4. The van der Waals surface area contributed by atoms with Gasteiger partial charge in [0.25, 0.3) is 0 Å². The van der Waals surface area contributed by atoms with E-state index in [1.54, 1.807) is 12.1 Å². The fourth-order valence-electron chi connectivity index (χ4n) is 4.11. The molecule has 9 heteroatoms. The van der Waals surface area contributed by atoms with Crippen molar-refractivity contribution in [1.29, 1.82) is 0 Å². The molecule has 1 aliphatic rings. The van der Waals surface area contributed by atoms with Crippen LogP contribution in [0.2, 0.25) is 0 Å². The molecule has 0 radical (unpaired) electrons. The Balaban J connectivity index is 1.53. The molecule has 2 aromatic carbocycles. The van der Waals surface area contributed by atoms with Crippen molar-refractivity contribution in [3.8, 4) is 11.4 Å². The van der Waals surface area contributed by atoms with Crippen molar-refractivity contribution >= 4 is 23.4 Å². The lowest BCUT2D eigenvalue weighted by Crippen LogP contribution is -2.33. The number of benzene rings is 2. The smallest absolute Gasteiger partial charge is 0.234 e. The standard InChI is InChI=1S/C25H30FN5O2S/c1-3-33-22-10-6-5-9-21(22)27-23(32)17-34-25-29-28-24(18(2)30-15-7-4-8-16-30)31(25)20-13-11-19(26)12-14-20/h5-6,9-14,18H,3-4,7-8,15-17H2,1-2H3,(H,27,32)/t18-/m1/s1. The van der Waals surface area contributed by atoms with Gasteiger partial charge in [-0.05, 0) is 76.2 Å². The topological polar surface area (TPSA) is 72.3 Å². The van der Waals surface area contributed by atoms with Crippen LogP contribution in [0.15, 0.2) is 53.7 Å². The highest BCUT2D eigenvalue weighted by molar-refractivity contribution is 7.99. The highest BCUT2D eigenvalue weighted by Gasteiger charge is 2.26. The molecule has 1 N–H and O–H groups in total. The van der Waals surface area contributed by atoms with Gasteiger partial charge in [0, 0.05) is 5.69 Å². The zero-order valence-electron chi connectivity index (χ0n) is 19.5. The van der Waals surface area contributed by atoms with E-state index in [0.29, 0.717) is 23.2 Å². The number of hydrogen-bond acceptors (Lipinski definition) is 6. The molecule has 7 nitrogen and oxygen atoms in total. The third-order valence-corrected chi connectivity index (χ3v) is 6.78. The van der Waals surface area contributed by atoms with Crippen LogP contribution in [0.5, 0.6) is 5.75 Å². The fourth-order valence-corrected chi connectivity index (χ4v) is 4.87. The predicted molar refractivity (Wildman–Crippen MR) is 132 cm³/mol. The Morgan fingerprint density at radius 3 is 2.59 bits per heavy atom. The van der Waals surface area contributed by atoms with Crippen LogP contribution < -0.4 is 10.1 Å². The van der Waals surface area contributed by atoms with Crippen LogP contribution in [-0.4, -0.2) is 51.0 Å². The third-order valence-electron chi connectivity index (χ3n) is 5.85. The summed E-state index contributed by atoms with van der Waals surface area (Å²) >= 11 is 1.30. The summed E-state index contributed by atoms with van der Waals surface area (Å²) in [5, 5.41) is 12.4. The molecule has 4 rings (SSSR count). The van der Waals surface area contributed by atoms with Crippen LogP contribution in [0.4, 0.5) is 10.1 Å². The lowest BCUT2D eigenvalue weighted by atomic mass is 10.1. The largest absolute Gasteiger partial charge is 0.492 e. The number of rotatable bonds is 9. The second kappa shape index (κ2) is 11.5. The Morgan fingerprint density at radius 1 is 1.12 bits per heavy atom. The summed E-state index contributed by atoms with van der Waals surface area (Å²) in [4.78, 5) is 15.1. The summed E-state index contributed by atoms with van der Waals surface area (Å²) in [5.74, 6) is 1.10. The van der Waals surface area contributed by atoms with Crippen molar-refractivity contribution in [1.82, 2.24) is 19.7 Å². The number of piperidine rings is 1. The number of thioether (sulfide) groups is 1. The molecule has 1 aromatic heterocycles. The monoisotopic (exact) mass is 483 g/mol. The summed E-state index contributed by atoms with van der Waals surface area (Å²) in [6.07, 6.45) is 3.58. The molecule has 0 unspecified atom stereocenters. The van der Waals surface area contributed by atoms with Gasteiger partial charge in [-0.2, -0.15) is 0 Å². The zero-order chi connectivity index (χ0) is 23.9. The first kappa shape index (κ1) is 24.2. The van der Waals surface area contributed by atoms with Crippen LogP contribution in [0.25, 0.3) is 5.69 Å². The van der Waals surface area contributed by atoms with E-state index in [9.17, 15) is 9.18 Å². The van der Waals surface area contributed by atoms with Gasteiger partial charge in [-0.1, -0.05) is 30.3 Å². The Labute approximate surface area is 203 Å². The second-order valence-electron chi connectivity index (χ2n) is 8.19. The van der Waals surface area contributed by atoms with Gasteiger partial charge < -0.3 is 10.1 Å². The molecule has 0 aliphatic carbocycles. The molecule has 0 spiro atoms. The fraction of sp³-hybridized carbons (Fsp3) is 0.400. The molecule has 1 saturated heterocycles. The molecule has 34 heavy (non-hydrogen) atoms. The Kier molecular flexibility index (Phi) is 8.18. The van der Waals surface area contributed by atoms with Gasteiger partial charge in [0.15, 0.2) is 11.0 Å². The van der Waals surface area contributed by atoms with Gasteiger partial charge in [0.2, 0.25) is 5.91 Å². The first-order valence-electron chi connectivity index (χ1n) is 11.7. The Bertz CT molecular complexity index is 1100. The van der Waals surface area contributed by atoms with Crippen LogP contribution in [-0.2, 0) is 4.79 Å². The number of hydrogen-bond donors (Lipinski definition) is 1. The highest BCUT2D eigenvalue weighted by atomic mass is 32.2. The molecule has 0 saturated carbocycles. The Morgan fingerprint density at radius 2 is 1.85 bits per heavy atom. The molecule has 3 aromatic rings. The van der Waals surface area contributed by atoms with Gasteiger partial charge in [-0.3, -0.25) is 14.3 Å². The maximum absolute atomic E-state index is 13.6. The van der Waals surface area contributed by atoms with Crippen LogP contribution in [0.1, 0.15) is 45.0 Å². The molecule has 1 aliphatic heterocycles. The van der Waals surface area contributed by atoms with Crippen molar-refractivity contribution in [2.24, 2.45) is 0 Å². The van der Waals surface area contributed by atoms with E-state index in [0.717, 1.165) is 24.6 Å². The van der Waals surface area contributed by atoms with E-state index in [1.807, 2.05) is 35.8 Å². The third kappa shape index (κ3) is 5.77. The molecule has 0 bridgehead atoms. The summed E-state index contributed by atoms with van der Waals surface area (Å²) in [5.41, 5.74) is 1.41. The molecule has 1 amide bonds. The minimum Gasteiger partial charge on any atom is -0.492 e. The van der Waals surface area contributed by atoms with Gasteiger partial charge in [0.05, 0.1) is 24.1 Å². The average Bonchev–Trinajstić information content (AvgIpc) is 3.28. The lowest BCUT2D eigenvalue weighted by Gasteiger charge is -2.31. The normalized spacial score (nSPS) is 15.1. The summed E-state index contributed by atoms with van der Waals surface area (Å²) < 4.78 is 21.1. The first-order valence-corrected chi connectivity index (χ1v) is 12.6. The molecule has 1 atom stereocenters. The van der Waals surface area contributed by atoms with E-state index in [-0.39, 0.29) is 23.5 Å². The first-order chi connectivity index (χ1) is 16.6. The number of carbonyl (C=O) groups excluding carboxylic acids is 1. The number of nitrogens with zero attached hydrogens (tertiary/aromatic N) is 4. The van der Waals surface area contributed by atoms with Crippen molar-refractivity contribution < 1.29 is 13.9 Å². The summed E-state index contributed by atoms with van der Waals surface area (Å²) in [6, 6.07) is 13.7. The van der Waals surface area contributed by atoms with Crippen LogP contribution >= 0.6 is 11.8 Å². The van der Waals surface area contributed by atoms with Crippen molar-refractivity contribution in [2.75, 3.05) is 30.8 Å². The van der Waals surface area contributed by atoms with Gasteiger partial charge in [-0.25, -0.2) is 4.39 Å². The maximum Gasteiger partial charge on any atom is 0.234 e. The average molecular weight is 484 g/mol. The van der Waals surface area contributed by atoms with Gasteiger partial charge in [0.1, 0.15) is 11.6 Å². The number of likely N-dealkylation sites (tertiary alicyclic amines) is 1. The number of amides is 1. The molecular weight excluding hydrogens is 453 g/mol. The molecule has 180 valence electrons. The summed E-state index contributed by atoms with van der Waals surface area (Å²) in [6.45, 7) is 6.57. The molecule has 1 fully saturated rings. The van der Waals surface area contributed by atoms with Crippen LogP contribution in [0.3, 0.4) is 0 Å². The predicted octanol–water partition coefficient (Wildman–Crippen LogP) is 5.08. The van der Waals surface area contributed by atoms with Crippen LogP contribution in [0, 0.1) is 5.82 Å². The van der Waals surface area contributed by atoms with E-state index in [4.69, 9.17) is 4.74 Å². The Hall–Kier alpha value is -2.91. The minimum absolute atomic E-state index is 0.0547. The SMILES string of the molecule is CCOc1ccccc1NC(=O)CSc1nnc([C@@H](C)N2CCCCC2)n1-c1ccc(F)cc1. The van der Waals surface area contributed by atoms with Gasteiger partial charge >= 0.3 is 0 Å². The number of carbonyl (C=O) groups is 1. The number of para-hydroxylation sites is 2. The second-order valence-corrected chi connectivity index (χ2v) is 9.13. The number of halogens is 1. The lowest BCUT2D eigenvalue weighted by molar-refractivity contribution is -0.113. The minimum atomic E-state index is -0.302. The van der Waals surface area contributed by atoms with Gasteiger partial charge in [-0.15, -0.1) is 10.2 Å². The number of aromatic nitrogens is 3. The quantitative estimate of drug-likeness (QED) is 0.428. The molecule has 2 heterocycles. The number of ether oxygens (including phenoxy) is 1. The van der Waals surface area contributed by atoms with Crippen molar-refractivity contribution in [3.63, 3.8) is 0 Å². The maximum atomic E-state index is 13.6. The van der Waals surface area contributed by atoms with E-state index in [1.165, 1.54) is 43.2 Å². The van der Waals surface area contributed by atoms with E-state index in [2.05, 4.69) is 27.3 Å². The van der Waals surface area contributed by atoms with Crippen molar-refractivity contribution in [2.45, 2.75) is 44.3 Å². The summed E-state index contributed by atoms with van der Waals surface area (Å²) in [7, 11) is 0. The number of anilines is 1. The van der Waals surface area contributed by atoms with E-state index >= 15 is 0 Å².